The van der Waals surface area contributed by atoms with Crippen molar-refractivity contribution < 1.29 is 0 Å². The van der Waals surface area contributed by atoms with Gasteiger partial charge in [-0.05, 0) is 32.0 Å². The summed E-state index contributed by atoms with van der Waals surface area (Å²) in [6.07, 6.45) is 1.27. The first-order valence-corrected chi connectivity index (χ1v) is 2.84. The molecule has 2 nitrogen and oxygen atoms in total. The molecular formula is C5H12N2. The highest BCUT2D eigenvalue weighted by atomic mass is 14.9. The third-order valence-electron chi connectivity index (χ3n) is 1.50. The van der Waals surface area contributed by atoms with E-state index in [1.807, 2.05) is 0 Å². The van der Waals surface area contributed by atoms with Gasteiger partial charge in [-0.25, -0.2) is 0 Å². The van der Waals surface area contributed by atoms with Crippen molar-refractivity contribution in [2.24, 2.45) is 11.7 Å². The molecule has 0 saturated carbocycles. The first-order valence-electron chi connectivity index (χ1n) is 2.84. The zero-order valence-corrected chi connectivity index (χ0v) is 4.48. The second-order valence-electron chi connectivity index (χ2n) is 2.09. The van der Waals surface area contributed by atoms with Crippen molar-refractivity contribution >= 4 is 0 Å². The predicted molar refractivity (Wildman–Crippen MR) is 30.0 cm³/mol. The summed E-state index contributed by atoms with van der Waals surface area (Å²) in [6, 6.07) is 0. The lowest BCUT2D eigenvalue weighted by Gasteiger charge is -1.98. The zero-order chi connectivity index (χ0) is 5.11. The SMILES string of the molecule is NCC1CCNC1. The first-order chi connectivity index (χ1) is 3.43. The van der Waals surface area contributed by atoms with Crippen molar-refractivity contribution in [3.8, 4) is 0 Å². The van der Waals surface area contributed by atoms with Crippen LogP contribution in [0.3, 0.4) is 0 Å². The van der Waals surface area contributed by atoms with Crippen molar-refractivity contribution in [3.63, 3.8) is 0 Å². The standard InChI is InChI=1S/C5H12N2/c6-3-5-1-2-7-4-5/h5,7H,1-4,6H2. The lowest BCUT2D eigenvalue weighted by molar-refractivity contribution is 0.596. The van der Waals surface area contributed by atoms with Crippen molar-refractivity contribution in [2.45, 2.75) is 6.42 Å². The lowest BCUT2D eigenvalue weighted by atomic mass is 10.1. The third-order valence-corrected chi connectivity index (χ3v) is 1.50. The molecule has 1 rings (SSSR count). The fourth-order valence-corrected chi connectivity index (χ4v) is 0.916. The molecular weight excluding hydrogens is 88.1 g/mol. The quantitative estimate of drug-likeness (QED) is 0.468. The Hall–Kier alpha value is -0.0800. The molecule has 1 atom stereocenters. The van der Waals surface area contributed by atoms with Gasteiger partial charge in [0.15, 0.2) is 0 Å². The van der Waals surface area contributed by atoms with Crippen LogP contribution >= 0.6 is 0 Å². The van der Waals surface area contributed by atoms with Crippen LogP contribution in [0.4, 0.5) is 0 Å². The van der Waals surface area contributed by atoms with Crippen LogP contribution < -0.4 is 11.1 Å². The van der Waals surface area contributed by atoms with Crippen LogP contribution in [0.25, 0.3) is 0 Å². The monoisotopic (exact) mass is 100 g/mol. The second-order valence-corrected chi connectivity index (χ2v) is 2.09. The highest BCUT2D eigenvalue weighted by Gasteiger charge is 2.10. The largest absolute Gasteiger partial charge is 0.330 e. The van der Waals surface area contributed by atoms with Gasteiger partial charge in [-0.15, -0.1) is 0 Å². The molecule has 1 heterocycles. The fourth-order valence-electron chi connectivity index (χ4n) is 0.916. The minimum Gasteiger partial charge on any atom is -0.330 e. The van der Waals surface area contributed by atoms with E-state index in [9.17, 15) is 0 Å². The number of hydrogen-bond acceptors (Lipinski definition) is 2. The summed E-state index contributed by atoms with van der Waals surface area (Å²) in [4.78, 5) is 0. The maximum atomic E-state index is 5.39. The third kappa shape index (κ3) is 1.14. The van der Waals surface area contributed by atoms with Crippen molar-refractivity contribution in [1.82, 2.24) is 5.32 Å². The summed E-state index contributed by atoms with van der Waals surface area (Å²) in [6.45, 7) is 3.16. The summed E-state index contributed by atoms with van der Waals surface area (Å²) in [5.41, 5.74) is 5.39. The van der Waals surface area contributed by atoms with Crippen LogP contribution in [-0.4, -0.2) is 19.6 Å². The molecule has 1 aliphatic rings. The molecule has 0 aromatic heterocycles. The molecule has 42 valence electrons. The van der Waals surface area contributed by atoms with E-state index in [1.165, 1.54) is 13.0 Å². The number of rotatable bonds is 1. The smallest absolute Gasteiger partial charge is 0.000798 e. The predicted octanol–water partition coefficient (Wildman–Crippen LogP) is -0.445. The summed E-state index contributed by atoms with van der Waals surface area (Å²) >= 11 is 0. The van der Waals surface area contributed by atoms with E-state index in [-0.39, 0.29) is 0 Å². The summed E-state index contributed by atoms with van der Waals surface area (Å²) in [5.74, 6) is 0.764. The van der Waals surface area contributed by atoms with Crippen LogP contribution in [0.1, 0.15) is 6.42 Å². The van der Waals surface area contributed by atoms with Gasteiger partial charge in [0.1, 0.15) is 0 Å². The van der Waals surface area contributed by atoms with Gasteiger partial charge in [0.2, 0.25) is 0 Å². The Balaban J connectivity index is 2.14. The molecule has 1 fully saturated rings. The molecule has 0 aromatic rings. The van der Waals surface area contributed by atoms with E-state index in [1.54, 1.807) is 0 Å². The lowest BCUT2D eigenvalue weighted by Crippen LogP contribution is -2.16. The highest BCUT2D eigenvalue weighted by molar-refractivity contribution is 4.70. The highest BCUT2D eigenvalue weighted by Crippen LogP contribution is 2.02. The molecule has 0 bridgehead atoms. The molecule has 1 unspecified atom stereocenters. The topological polar surface area (TPSA) is 38.0 Å². The van der Waals surface area contributed by atoms with E-state index in [4.69, 9.17) is 5.73 Å². The summed E-state index contributed by atoms with van der Waals surface area (Å²) in [7, 11) is 0. The number of nitrogens with one attached hydrogen (secondary N) is 1. The summed E-state index contributed by atoms with van der Waals surface area (Å²) < 4.78 is 0. The number of hydrogen-bond donors (Lipinski definition) is 2. The molecule has 2 heteroatoms. The maximum Gasteiger partial charge on any atom is -0.000798 e. The molecule has 0 radical (unpaired) electrons. The van der Waals surface area contributed by atoms with Gasteiger partial charge < -0.3 is 11.1 Å². The minimum absolute atomic E-state index is 0.764. The Kier molecular flexibility index (Phi) is 1.65. The maximum absolute atomic E-state index is 5.39. The van der Waals surface area contributed by atoms with Crippen LogP contribution in [0, 0.1) is 5.92 Å². The average Bonchev–Trinajstić information content (AvgIpc) is 2.14. The van der Waals surface area contributed by atoms with E-state index in [2.05, 4.69) is 5.32 Å². The van der Waals surface area contributed by atoms with Gasteiger partial charge in [0, 0.05) is 0 Å². The van der Waals surface area contributed by atoms with Crippen molar-refractivity contribution in [1.29, 1.82) is 0 Å². The van der Waals surface area contributed by atoms with E-state index >= 15 is 0 Å². The molecule has 7 heavy (non-hydrogen) atoms. The molecule has 0 aliphatic carbocycles. The Morgan fingerprint density at radius 1 is 1.71 bits per heavy atom. The Labute approximate surface area is 44.1 Å². The van der Waals surface area contributed by atoms with Gasteiger partial charge >= 0.3 is 0 Å². The first kappa shape index (κ1) is 5.06. The second kappa shape index (κ2) is 2.28. The van der Waals surface area contributed by atoms with Crippen LogP contribution in [0.2, 0.25) is 0 Å². The molecule has 0 spiro atoms. The minimum atomic E-state index is 0.764. The van der Waals surface area contributed by atoms with E-state index in [0.717, 1.165) is 19.0 Å². The van der Waals surface area contributed by atoms with Gasteiger partial charge in [0.05, 0.1) is 0 Å². The molecule has 1 aliphatic heterocycles. The molecule has 3 N–H and O–H groups in total. The van der Waals surface area contributed by atoms with Gasteiger partial charge in [-0.3, -0.25) is 0 Å². The average molecular weight is 100 g/mol. The number of nitrogens with two attached hydrogens (primary N) is 1. The fraction of sp³-hybridized carbons (Fsp3) is 1.00. The molecule has 1 saturated heterocycles. The normalized spacial score (nSPS) is 31.3. The zero-order valence-electron chi connectivity index (χ0n) is 4.48. The molecule has 0 aromatic carbocycles. The Morgan fingerprint density at radius 2 is 2.57 bits per heavy atom. The summed E-state index contributed by atoms with van der Waals surface area (Å²) in [5, 5.41) is 3.24. The molecule has 0 amide bonds. The van der Waals surface area contributed by atoms with Crippen LogP contribution in [0.5, 0.6) is 0 Å². The van der Waals surface area contributed by atoms with Crippen molar-refractivity contribution in [3.05, 3.63) is 0 Å². The van der Waals surface area contributed by atoms with Gasteiger partial charge in [0.25, 0.3) is 0 Å². The van der Waals surface area contributed by atoms with Crippen LogP contribution in [0.15, 0.2) is 0 Å². The Bertz CT molecular complexity index is 48.0. The van der Waals surface area contributed by atoms with Crippen LogP contribution in [-0.2, 0) is 0 Å². The van der Waals surface area contributed by atoms with Gasteiger partial charge in [-0.2, -0.15) is 0 Å². The van der Waals surface area contributed by atoms with Crippen molar-refractivity contribution in [2.75, 3.05) is 19.6 Å². The Morgan fingerprint density at radius 3 is 2.86 bits per heavy atom. The van der Waals surface area contributed by atoms with E-state index in [0.29, 0.717) is 0 Å². The van der Waals surface area contributed by atoms with E-state index < -0.39 is 0 Å². The van der Waals surface area contributed by atoms with Gasteiger partial charge in [-0.1, -0.05) is 0 Å².